The summed E-state index contributed by atoms with van der Waals surface area (Å²) in [5, 5.41) is 8.85. The number of carbonyl (C=O) groups is 2. The highest BCUT2D eigenvalue weighted by atomic mass is 32.2. The number of ether oxygens (including phenoxy) is 1. The van der Waals surface area contributed by atoms with E-state index in [-0.39, 0.29) is 6.61 Å². The van der Waals surface area contributed by atoms with Crippen molar-refractivity contribution in [2.24, 2.45) is 0 Å². The van der Waals surface area contributed by atoms with Crippen LogP contribution in [0.1, 0.15) is 20.3 Å². The van der Waals surface area contributed by atoms with E-state index in [9.17, 15) is 9.59 Å². The van der Waals surface area contributed by atoms with Crippen LogP contribution in [0.25, 0.3) is 11.0 Å². The molecule has 0 radical (unpaired) electrons. The number of para-hydroxylation sites is 2. The first-order chi connectivity index (χ1) is 10.1. The van der Waals surface area contributed by atoms with Gasteiger partial charge in [-0.05, 0) is 25.5 Å². The van der Waals surface area contributed by atoms with Crippen LogP contribution in [0.4, 0.5) is 4.79 Å². The third-order valence-corrected chi connectivity index (χ3v) is 4.18. The topological polar surface area (TPSA) is 81.4 Å². The lowest BCUT2D eigenvalue weighted by Crippen LogP contribution is -2.19. The number of nitrogens with zero attached hydrogens (tertiary/aromatic N) is 2. The fourth-order valence-corrected chi connectivity index (χ4v) is 2.83. The molecule has 0 saturated heterocycles. The summed E-state index contributed by atoms with van der Waals surface area (Å²) in [6.45, 7) is 3.74. The first kappa shape index (κ1) is 15.4. The van der Waals surface area contributed by atoms with Gasteiger partial charge in [-0.3, -0.25) is 4.79 Å². The molecule has 0 aliphatic rings. The molecule has 21 heavy (non-hydrogen) atoms. The van der Waals surface area contributed by atoms with Crippen molar-refractivity contribution in [3.8, 4) is 0 Å². The number of hydrogen-bond donors (Lipinski definition) is 1. The Morgan fingerprint density at radius 3 is 2.71 bits per heavy atom. The van der Waals surface area contributed by atoms with Crippen LogP contribution < -0.4 is 0 Å². The molecular weight excluding hydrogens is 292 g/mol. The van der Waals surface area contributed by atoms with Crippen LogP contribution in [0.3, 0.4) is 0 Å². The molecule has 0 aliphatic heterocycles. The SMILES string of the molecule is CCOC(=O)n1c(S[C@H](CC)C(=O)O)nc2ccccc21. The minimum atomic E-state index is -0.926. The molecule has 1 heterocycles. The lowest BCUT2D eigenvalue weighted by molar-refractivity contribution is -0.136. The Labute approximate surface area is 126 Å². The maximum atomic E-state index is 12.1. The Balaban J connectivity index is 2.48. The molecule has 1 atom stereocenters. The molecule has 0 fully saturated rings. The van der Waals surface area contributed by atoms with E-state index in [2.05, 4.69) is 4.98 Å². The van der Waals surface area contributed by atoms with Gasteiger partial charge in [0.15, 0.2) is 5.16 Å². The second-order valence-corrected chi connectivity index (χ2v) is 5.44. The predicted molar refractivity (Wildman–Crippen MR) is 79.7 cm³/mol. The van der Waals surface area contributed by atoms with Crippen molar-refractivity contribution >= 4 is 34.9 Å². The van der Waals surface area contributed by atoms with E-state index in [0.717, 1.165) is 11.8 Å². The molecule has 1 aromatic carbocycles. The number of aromatic nitrogens is 2. The van der Waals surface area contributed by atoms with E-state index in [4.69, 9.17) is 9.84 Å². The first-order valence-corrected chi connectivity index (χ1v) is 7.50. The van der Waals surface area contributed by atoms with E-state index in [1.165, 1.54) is 4.57 Å². The number of thioether (sulfide) groups is 1. The number of aliphatic carboxylic acids is 1. The van der Waals surface area contributed by atoms with Crippen molar-refractivity contribution in [2.75, 3.05) is 6.61 Å². The molecule has 6 nitrogen and oxygen atoms in total. The van der Waals surface area contributed by atoms with Gasteiger partial charge in [-0.2, -0.15) is 0 Å². The quantitative estimate of drug-likeness (QED) is 0.855. The lowest BCUT2D eigenvalue weighted by atomic mass is 10.3. The van der Waals surface area contributed by atoms with Gasteiger partial charge >= 0.3 is 12.1 Å². The van der Waals surface area contributed by atoms with Crippen molar-refractivity contribution in [1.29, 1.82) is 0 Å². The van der Waals surface area contributed by atoms with Gasteiger partial charge in [0.2, 0.25) is 0 Å². The van der Waals surface area contributed by atoms with Crippen molar-refractivity contribution in [3.05, 3.63) is 24.3 Å². The zero-order valence-corrected chi connectivity index (χ0v) is 12.6. The summed E-state index contributed by atoms with van der Waals surface area (Å²) in [4.78, 5) is 27.7. The Bertz CT molecular complexity index is 668. The number of carbonyl (C=O) groups excluding carboxylic acids is 1. The fraction of sp³-hybridized carbons (Fsp3) is 0.357. The van der Waals surface area contributed by atoms with Gasteiger partial charge in [0.25, 0.3) is 0 Å². The molecule has 0 aliphatic carbocycles. The summed E-state index contributed by atoms with van der Waals surface area (Å²) in [5.74, 6) is -0.926. The number of carboxylic acid groups (broad SMARTS) is 1. The van der Waals surface area contributed by atoms with Gasteiger partial charge in [0.1, 0.15) is 5.25 Å². The number of benzene rings is 1. The summed E-state index contributed by atoms with van der Waals surface area (Å²) in [7, 11) is 0. The van der Waals surface area contributed by atoms with Crippen LogP contribution in [0.2, 0.25) is 0 Å². The predicted octanol–water partition coefficient (Wildman–Crippen LogP) is 3.00. The van der Waals surface area contributed by atoms with Gasteiger partial charge in [0, 0.05) is 0 Å². The first-order valence-electron chi connectivity index (χ1n) is 6.62. The van der Waals surface area contributed by atoms with Crippen LogP contribution in [-0.4, -0.2) is 38.6 Å². The molecule has 7 heteroatoms. The molecule has 0 saturated carbocycles. The largest absolute Gasteiger partial charge is 0.480 e. The number of carboxylic acids is 1. The van der Waals surface area contributed by atoms with Crippen LogP contribution in [0, 0.1) is 0 Å². The highest BCUT2D eigenvalue weighted by molar-refractivity contribution is 8.00. The average molecular weight is 308 g/mol. The molecule has 0 amide bonds. The molecule has 2 rings (SSSR count). The molecule has 0 bridgehead atoms. The maximum absolute atomic E-state index is 12.1. The minimum absolute atomic E-state index is 0.242. The van der Waals surface area contributed by atoms with E-state index < -0.39 is 17.3 Å². The fourth-order valence-electron chi connectivity index (χ4n) is 1.88. The summed E-state index contributed by atoms with van der Waals surface area (Å²) >= 11 is 1.05. The van der Waals surface area contributed by atoms with Gasteiger partial charge in [-0.25, -0.2) is 14.3 Å². The molecule has 1 N–H and O–H groups in total. The third-order valence-electron chi connectivity index (χ3n) is 2.87. The zero-order chi connectivity index (χ0) is 15.4. The normalized spacial score (nSPS) is 12.3. The van der Waals surface area contributed by atoms with Crippen molar-refractivity contribution in [1.82, 2.24) is 9.55 Å². The molecule has 0 spiro atoms. The van der Waals surface area contributed by atoms with Gasteiger partial charge in [-0.15, -0.1) is 0 Å². The second-order valence-electron chi connectivity index (χ2n) is 4.27. The molecule has 112 valence electrons. The van der Waals surface area contributed by atoms with Crippen LogP contribution >= 0.6 is 11.8 Å². The Morgan fingerprint density at radius 2 is 2.10 bits per heavy atom. The second kappa shape index (κ2) is 6.62. The van der Waals surface area contributed by atoms with Crippen LogP contribution in [0.5, 0.6) is 0 Å². The van der Waals surface area contributed by atoms with Gasteiger partial charge in [-0.1, -0.05) is 30.8 Å². The Morgan fingerprint density at radius 1 is 1.38 bits per heavy atom. The zero-order valence-electron chi connectivity index (χ0n) is 11.8. The van der Waals surface area contributed by atoms with Gasteiger partial charge in [0.05, 0.1) is 17.6 Å². The summed E-state index contributed by atoms with van der Waals surface area (Å²) in [6.07, 6.45) is -0.111. The Kier molecular flexibility index (Phi) is 4.85. The molecule has 0 unspecified atom stereocenters. The smallest absolute Gasteiger partial charge is 0.420 e. The van der Waals surface area contributed by atoms with Crippen molar-refractivity contribution < 1.29 is 19.4 Å². The number of hydrogen-bond acceptors (Lipinski definition) is 5. The summed E-state index contributed by atoms with van der Waals surface area (Å²) in [5.41, 5.74) is 1.24. The summed E-state index contributed by atoms with van der Waals surface area (Å²) in [6, 6.07) is 7.14. The van der Waals surface area contributed by atoms with E-state index in [1.54, 1.807) is 32.0 Å². The number of fused-ring (bicyclic) bond motifs is 1. The number of rotatable bonds is 5. The highest BCUT2D eigenvalue weighted by Crippen LogP contribution is 2.29. The third kappa shape index (κ3) is 3.18. The van der Waals surface area contributed by atoms with E-state index >= 15 is 0 Å². The van der Waals surface area contributed by atoms with Gasteiger partial charge < -0.3 is 9.84 Å². The Hall–Kier alpha value is -2.02. The molecule has 1 aromatic heterocycles. The molecular formula is C14H16N2O4S. The number of imidazole rings is 1. The molecule has 2 aromatic rings. The van der Waals surface area contributed by atoms with E-state index in [0.29, 0.717) is 22.6 Å². The van der Waals surface area contributed by atoms with E-state index in [1.807, 2.05) is 6.07 Å². The maximum Gasteiger partial charge on any atom is 0.420 e. The lowest BCUT2D eigenvalue weighted by Gasteiger charge is -2.10. The average Bonchev–Trinajstić information content (AvgIpc) is 2.82. The standard InChI is InChI=1S/C14H16N2O4S/c1-3-11(12(17)18)21-13-15-9-7-5-6-8-10(9)16(13)14(19)20-4-2/h5-8,11H,3-4H2,1-2H3,(H,17,18)/t11-/m1/s1. The van der Waals surface area contributed by atoms with Crippen LogP contribution in [0.15, 0.2) is 29.4 Å². The van der Waals surface area contributed by atoms with Crippen LogP contribution in [-0.2, 0) is 9.53 Å². The highest BCUT2D eigenvalue weighted by Gasteiger charge is 2.24. The minimum Gasteiger partial charge on any atom is -0.480 e. The van der Waals surface area contributed by atoms with Crippen molar-refractivity contribution in [2.45, 2.75) is 30.7 Å². The monoisotopic (exact) mass is 308 g/mol. The van der Waals surface area contributed by atoms with Crippen molar-refractivity contribution in [3.63, 3.8) is 0 Å². The summed E-state index contributed by atoms with van der Waals surface area (Å²) < 4.78 is 6.36.